The first-order valence-corrected chi connectivity index (χ1v) is 4.65. The van der Waals surface area contributed by atoms with E-state index in [9.17, 15) is 0 Å². The SMILES string of the molecule is Cc1[c-]c(-c2ccccn2)cc(C#N)c1.[Ir]. The molecule has 16 heavy (non-hydrogen) atoms. The maximum absolute atomic E-state index is 8.85. The molecule has 0 amide bonds. The second-order valence-electron chi connectivity index (χ2n) is 3.29. The fraction of sp³-hybridized carbons (Fsp3) is 0.0769. The summed E-state index contributed by atoms with van der Waals surface area (Å²) in [6, 6.07) is 14.6. The summed E-state index contributed by atoms with van der Waals surface area (Å²) in [5.74, 6) is 0. The van der Waals surface area contributed by atoms with E-state index in [0.717, 1.165) is 16.8 Å². The average molecular weight is 385 g/mol. The van der Waals surface area contributed by atoms with Crippen molar-refractivity contribution in [1.82, 2.24) is 4.98 Å². The van der Waals surface area contributed by atoms with Crippen LogP contribution in [-0.2, 0) is 20.1 Å². The van der Waals surface area contributed by atoms with Crippen molar-refractivity contribution in [2.24, 2.45) is 0 Å². The zero-order valence-corrected chi connectivity index (χ0v) is 11.1. The van der Waals surface area contributed by atoms with Crippen LogP contribution in [0.2, 0.25) is 0 Å². The van der Waals surface area contributed by atoms with Crippen LogP contribution in [0.3, 0.4) is 0 Å². The Morgan fingerprint density at radius 1 is 1.31 bits per heavy atom. The van der Waals surface area contributed by atoms with E-state index in [1.807, 2.05) is 31.2 Å². The Morgan fingerprint density at radius 2 is 2.12 bits per heavy atom. The van der Waals surface area contributed by atoms with Crippen LogP contribution in [0.5, 0.6) is 0 Å². The molecule has 1 aromatic carbocycles. The Labute approximate surface area is 108 Å². The number of hydrogen-bond donors (Lipinski definition) is 0. The molecule has 1 aromatic heterocycles. The molecule has 0 aliphatic heterocycles. The number of hydrogen-bond acceptors (Lipinski definition) is 2. The summed E-state index contributed by atoms with van der Waals surface area (Å²) in [4.78, 5) is 4.22. The minimum atomic E-state index is 0. The molecule has 0 aliphatic carbocycles. The molecule has 0 aliphatic rings. The molecule has 0 fully saturated rings. The van der Waals surface area contributed by atoms with Gasteiger partial charge in [-0.15, -0.1) is 29.3 Å². The van der Waals surface area contributed by atoms with E-state index in [1.54, 1.807) is 12.3 Å². The predicted molar refractivity (Wildman–Crippen MR) is 58.0 cm³/mol. The molecule has 0 spiro atoms. The van der Waals surface area contributed by atoms with Crippen molar-refractivity contribution >= 4 is 0 Å². The van der Waals surface area contributed by atoms with Gasteiger partial charge in [0.05, 0.1) is 6.07 Å². The van der Waals surface area contributed by atoms with E-state index in [0.29, 0.717) is 5.56 Å². The topological polar surface area (TPSA) is 36.7 Å². The quantitative estimate of drug-likeness (QED) is 0.708. The number of aryl methyl sites for hydroxylation is 1. The Morgan fingerprint density at radius 3 is 2.75 bits per heavy atom. The number of aromatic nitrogens is 1. The summed E-state index contributed by atoms with van der Waals surface area (Å²) in [6.07, 6.45) is 1.73. The summed E-state index contributed by atoms with van der Waals surface area (Å²) < 4.78 is 0. The van der Waals surface area contributed by atoms with Gasteiger partial charge < -0.3 is 4.98 Å². The van der Waals surface area contributed by atoms with Gasteiger partial charge >= 0.3 is 0 Å². The molecule has 1 radical (unpaired) electrons. The molecular formula is C13H9IrN2-. The Bertz CT molecular complexity index is 515. The van der Waals surface area contributed by atoms with Gasteiger partial charge in [0.15, 0.2) is 0 Å². The number of nitriles is 1. The van der Waals surface area contributed by atoms with Crippen LogP contribution < -0.4 is 0 Å². The Balaban J connectivity index is 0.00000128. The van der Waals surface area contributed by atoms with E-state index in [1.165, 1.54) is 0 Å². The molecule has 1 heterocycles. The van der Waals surface area contributed by atoms with Crippen LogP contribution in [0.1, 0.15) is 11.1 Å². The smallest absolute Gasteiger partial charge is 0.0789 e. The van der Waals surface area contributed by atoms with Crippen LogP contribution in [0.25, 0.3) is 11.3 Å². The molecule has 3 heteroatoms. The van der Waals surface area contributed by atoms with Crippen LogP contribution in [0.15, 0.2) is 36.5 Å². The second-order valence-corrected chi connectivity index (χ2v) is 3.29. The van der Waals surface area contributed by atoms with Crippen LogP contribution in [0.4, 0.5) is 0 Å². The van der Waals surface area contributed by atoms with Crippen molar-refractivity contribution in [3.8, 4) is 17.3 Å². The number of pyridine rings is 1. The van der Waals surface area contributed by atoms with Crippen molar-refractivity contribution in [3.63, 3.8) is 0 Å². The Kier molecular flexibility index (Phi) is 4.37. The average Bonchev–Trinajstić information content (AvgIpc) is 2.29. The third-order valence-electron chi connectivity index (χ3n) is 2.07. The van der Waals surface area contributed by atoms with Gasteiger partial charge in [0.2, 0.25) is 0 Å². The Hall–Kier alpha value is -1.49. The summed E-state index contributed by atoms with van der Waals surface area (Å²) in [6.45, 7) is 1.92. The number of benzene rings is 1. The van der Waals surface area contributed by atoms with Gasteiger partial charge in [-0.25, -0.2) is 0 Å². The molecule has 81 valence electrons. The third kappa shape index (κ3) is 2.76. The molecule has 0 bridgehead atoms. The maximum atomic E-state index is 8.85. The molecule has 2 rings (SSSR count). The van der Waals surface area contributed by atoms with Gasteiger partial charge in [-0.1, -0.05) is 19.1 Å². The molecule has 0 atom stereocenters. The minimum absolute atomic E-state index is 0. The zero-order chi connectivity index (χ0) is 10.7. The molecule has 0 N–H and O–H groups in total. The summed E-state index contributed by atoms with van der Waals surface area (Å²) in [5, 5.41) is 8.85. The van der Waals surface area contributed by atoms with E-state index in [4.69, 9.17) is 5.26 Å². The first-order chi connectivity index (χ1) is 7.29. The summed E-state index contributed by atoms with van der Waals surface area (Å²) >= 11 is 0. The molecule has 0 saturated carbocycles. The van der Waals surface area contributed by atoms with Gasteiger partial charge in [-0.3, -0.25) is 0 Å². The van der Waals surface area contributed by atoms with Crippen molar-refractivity contribution in [2.75, 3.05) is 0 Å². The van der Waals surface area contributed by atoms with Gasteiger partial charge in [0.1, 0.15) is 0 Å². The summed E-state index contributed by atoms with van der Waals surface area (Å²) in [5.41, 5.74) is 3.31. The molecule has 2 aromatic rings. The van der Waals surface area contributed by atoms with E-state index >= 15 is 0 Å². The van der Waals surface area contributed by atoms with E-state index in [2.05, 4.69) is 17.1 Å². The first-order valence-electron chi connectivity index (χ1n) is 4.65. The first kappa shape index (κ1) is 12.6. The fourth-order valence-electron chi connectivity index (χ4n) is 1.44. The molecule has 0 saturated heterocycles. The van der Waals surface area contributed by atoms with Crippen molar-refractivity contribution in [2.45, 2.75) is 6.92 Å². The standard InChI is InChI=1S/C13H9N2.Ir/c1-10-6-11(9-14)8-12(7-10)13-4-2-3-5-15-13;/h2-6,8H,1H3;/q-1;. The zero-order valence-electron chi connectivity index (χ0n) is 8.69. The number of nitrogens with zero attached hydrogens (tertiary/aromatic N) is 2. The fourth-order valence-corrected chi connectivity index (χ4v) is 1.44. The molecular weight excluding hydrogens is 376 g/mol. The van der Waals surface area contributed by atoms with Crippen molar-refractivity contribution in [3.05, 3.63) is 53.7 Å². The monoisotopic (exact) mass is 386 g/mol. The van der Waals surface area contributed by atoms with Gasteiger partial charge in [-0.2, -0.15) is 5.26 Å². The normalized spacial score (nSPS) is 9.00. The maximum Gasteiger partial charge on any atom is 0.0789 e. The van der Waals surface area contributed by atoms with Gasteiger partial charge in [-0.05, 0) is 17.3 Å². The van der Waals surface area contributed by atoms with Crippen molar-refractivity contribution < 1.29 is 20.1 Å². The predicted octanol–water partition coefficient (Wildman–Crippen LogP) is 2.73. The second kappa shape index (κ2) is 5.55. The summed E-state index contributed by atoms with van der Waals surface area (Å²) in [7, 11) is 0. The third-order valence-corrected chi connectivity index (χ3v) is 2.07. The van der Waals surface area contributed by atoms with Gasteiger partial charge in [0.25, 0.3) is 0 Å². The molecule has 0 unspecified atom stereocenters. The minimum Gasteiger partial charge on any atom is -0.305 e. The number of rotatable bonds is 1. The van der Waals surface area contributed by atoms with Crippen molar-refractivity contribution in [1.29, 1.82) is 5.26 Å². The molecule has 2 nitrogen and oxygen atoms in total. The van der Waals surface area contributed by atoms with Crippen LogP contribution in [-0.4, -0.2) is 4.98 Å². The largest absolute Gasteiger partial charge is 0.305 e. The van der Waals surface area contributed by atoms with Gasteiger partial charge in [0, 0.05) is 26.3 Å². The van der Waals surface area contributed by atoms with Crippen LogP contribution in [0, 0.1) is 24.3 Å². The van der Waals surface area contributed by atoms with Crippen LogP contribution >= 0.6 is 0 Å². The van der Waals surface area contributed by atoms with E-state index < -0.39 is 0 Å². The van der Waals surface area contributed by atoms with E-state index in [-0.39, 0.29) is 20.1 Å².